The first-order chi connectivity index (χ1) is 14.7. The number of hydrogen-bond donors (Lipinski definition) is 2. The second-order valence-electron chi connectivity index (χ2n) is 8.32. The lowest BCUT2D eigenvalue weighted by molar-refractivity contribution is -0.129. The number of guanidine groups is 1. The van der Waals surface area contributed by atoms with Crippen molar-refractivity contribution in [2.24, 2.45) is 4.99 Å². The molecule has 1 aromatic heterocycles. The van der Waals surface area contributed by atoms with Crippen LogP contribution in [0.15, 0.2) is 27.8 Å². The zero-order chi connectivity index (χ0) is 21.2. The van der Waals surface area contributed by atoms with E-state index in [2.05, 4.69) is 40.3 Å². The first-order valence-corrected chi connectivity index (χ1v) is 11.8. The van der Waals surface area contributed by atoms with Crippen molar-refractivity contribution in [3.63, 3.8) is 0 Å². The number of furan rings is 1. The monoisotopic (exact) mass is 545 g/mol. The first kappa shape index (κ1) is 26.0. The van der Waals surface area contributed by atoms with E-state index < -0.39 is 0 Å². The van der Waals surface area contributed by atoms with Crippen LogP contribution < -0.4 is 10.6 Å². The van der Waals surface area contributed by atoms with Crippen LogP contribution in [0.5, 0.6) is 0 Å². The van der Waals surface area contributed by atoms with Gasteiger partial charge in [0.1, 0.15) is 5.76 Å². The Bertz CT molecular complexity index is 661. The van der Waals surface area contributed by atoms with Gasteiger partial charge < -0.3 is 20.0 Å². The average molecular weight is 546 g/mol. The molecule has 1 amide bonds. The summed E-state index contributed by atoms with van der Waals surface area (Å²) in [5.74, 6) is 2.15. The number of likely N-dealkylation sites (tertiary alicyclic amines) is 2. The highest BCUT2D eigenvalue weighted by Gasteiger charge is 2.27. The van der Waals surface area contributed by atoms with E-state index in [4.69, 9.17) is 9.41 Å². The van der Waals surface area contributed by atoms with Crippen LogP contribution in [0.2, 0.25) is 0 Å². The number of nitrogens with one attached hydrogen (secondary N) is 2. The van der Waals surface area contributed by atoms with Crippen LogP contribution in [0.3, 0.4) is 0 Å². The molecule has 0 aliphatic carbocycles. The van der Waals surface area contributed by atoms with Crippen molar-refractivity contribution in [3.8, 4) is 0 Å². The molecule has 0 spiro atoms. The van der Waals surface area contributed by atoms with Gasteiger partial charge in [0.25, 0.3) is 0 Å². The SMILES string of the molecule is CCNC(=NCC(c1ccco1)N1CCCCC1)NCCC(CC)N1CCCC1=O.I. The molecule has 3 rings (SSSR count). The van der Waals surface area contributed by atoms with Crippen LogP contribution in [-0.2, 0) is 4.79 Å². The van der Waals surface area contributed by atoms with E-state index in [0.29, 0.717) is 24.9 Å². The van der Waals surface area contributed by atoms with Crippen molar-refractivity contribution in [3.05, 3.63) is 24.2 Å². The van der Waals surface area contributed by atoms with E-state index in [1.54, 1.807) is 6.26 Å². The van der Waals surface area contributed by atoms with E-state index in [0.717, 1.165) is 63.7 Å². The molecule has 2 aliphatic rings. The van der Waals surface area contributed by atoms with Crippen molar-refractivity contribution in [2.45, 2.75) is 70.9 Å². The zero-order valence-electron chi connectivity index (χ0n) is 19.1. The second-order valence-corrected chi connectivity index (χ2v) is 8.32. The predicted molar refractivity (Wildman–Crippen MR) is 136 cm³/mol. The van der Waals surface area contributed by atoms with Gasteiger partial charge >= 0.3 is 0 Å². The third-order valence-electron chi connectivity index (χ3n) is 6.26. The highest BCUT2D eigenvalue weighted by Crippen LogP contribution is 2.25. The van der Waals surface area contributed by atoms with E-state index in [9.17, 15) is 4.79 Å². The molecule has 31 heavy (non-hydrogen) atoms. The third kappa shape index (κ3) is 7.66. The topological polar surface area (TPSA) is 73.1 Å². The Hall–Kier alpha value is -1.29. The van der Waals surface area contributed by atoms with Gasteiger partial charge in [0.05, 0.1) is 18.8 Å². The standard InChI is InChI=1S/C23H39N5O2.HI/c1-3-19(28-16-8-11-22(28)29)12-13-25-23(24-4-2)26-18-20(21-10-9-17-30-21)27-14-6-5-7-15-27;/h9-10,17,19-20H,3-8,11-16,18H2,1-2H3,(H2,24,25,26);1H. The van der Waals surface area contributed by atoms with Crippen molar-refractivity contribution >= 4 is 35.8 Å². The minimum atomic E-state index is 0. The van der Waals surface area contributed by atoms with Gasteiger partial charge in [0.15, 0.2) is 5.96 Å². The van der Waals surface area contributed by atoms with Crippen LogP contribution in [0, 0.1) is 0 Å². The number of amides is 1. The molecule has 7 nitrogen and oxygen atoms in total. The molecule has 2 saturated heterocycles. The molecule has 0 radical (unpaired) electrons. The number of aliphatic imine (C=N–C) groups is 1. The average Bonchev–Trinajstić information content (AvgIpc) is 3.44. The maximum atomic E-state index is 12.1. The fraction of sp³-hybridized carbons (Fsp3) is 0.739. The van der Waals surface area contributed by atoms with E-state index in [1.165, 1.54) is 19.3 Å². The molecule has 2 unspecified atom stereocenters. The molecule has 176 valence electrons. The van der Waals surface area contributed by atoms with Gasteiger partial charge in [0.2, 0.25) is 5.91 Å². The van der Waals surface area contributed by atoms with E-state index in [1.807, 2.05) is 6.07 Å². The summed E-state index contributed by atoms with van der Waals surface area (Å²) in [5, 5.41) is 6.84. The Labute approximate surface area is 204 Å². The van der Waals surface area contributed by atoms with E-state index in [-0.39, 0.29) is 30.0 Å². The third-order valence-corrected chi connectivity index (χ3v) is 6.26. The lowest BCUT2D eigenvalue weighted by Crippen LogP contribution is -2.42. The number of rotatable bonds is 10. The highest BCUT2D eigenvalue weighted by molar-refractivity contribution is 14.0. The second kappa shape index (κ2) is 14.0. The summed E-state index contributed by atoms with van der Waals surface area (Å²) in [4.78, 5) is 21.5. The van der Waals surface area contributed by atoms with Crippen LogP contribution in [0.1, 0.15) is 70.6 Å². The minimum Gasteiger partial charge on any atom is -0.468 e. The van der Waals surface area contributed by atoms with Crippen LogP contribution in [0.25, 0.3) is 0 Å². The molecular weight excluding hydrogens is 505 g/mol. The van der Waals surface area contributed by atoms with E-state index >= 15 is 0 Å². The Balaban J connectivity index is 0.00000341. The van der Waals surface area contributed by atoms with Gasteiger partial charge in [-0.1, -0.05) is 13.3 Å². The minimum absolute atomic E-state index is 0. The molecule has 2 atom stereocenters. The fourth-order valence-electron chi connectivity index (χ4n) is 4.61. The van der Waals surface area contributed by atoms with Crippen LogP contribution in [-0.4, -0.2) is 67.0 Å². The summed E-state index contributed by atoms with van der Waals surface area (Å²) in [6.07, 6.45) is 9.20. The Morgan fingerprint density at radius 2 is 1.97 bits per heavy atom. The quantitative estimate of drug-likeness (QED) is 0.266. The Kier molecular flexibility index (Phi) is 11.7. The molecule has 8 heteroatoms. The van der Waals surface area contributed by atoms with Crippen molar-refractivity contribution in [2.75, 3.05) is 39.3 Å². The summed E-state index contributed by atoms with van der Waals surface area (Å²) in [6.45, 7) is 9.67. The van der Waals surface area contributed by atoms with Gasteiger partial charge in [-0.15, -0.1) is 24.0 Å². The van der Waals surface area contributed by atoms with Crippen LogP contribution in [0.4, 0.5) is 0 Å². The maximum Gasteiger partial charge on any atom is 0.222 e. The zero-order valence-corrected chi connectivity index (χ0v) is 21.5. The summed E-state index contributed by atoms with van der Waals surface area (Å²) < 4.78 is 5.75. The molecule has 2 aliphatic heterocycles. The smallest absolute Gasteiger partial charge is 0.222 e. The molecule has 0 bridgehead atoms. The molecule has 1 aromatic rings. The van der Waals surface area contributed by atoms with Gasteiger partial charge in [-0.3, -0.25) is 14.7 Å². The number of piperidine rings is 1. The summed E-state index contributed by atoms with van der Waals surface area (Å²) in [5.41, 5.74) is 0. The van der Waals surface area contributed by atoms with Gasteiger partial charge in [-0.05, 0) is 64.3 Å². The molecule has 3 heterocycles. The Morgan fingerprint density at radius 1 is 1.16 bits per heavy atom. The first-order valence-electron chi connectivity index (χ1n) is 11.8. The normalized spacial score (nSPS) is 19.7. The maximum absolute atomic E-state index is 12.1. The van der Waals surface area contributed by atoms with Crippen molar-refractivity contribution in [1.82, 2.24) is 20.4 Å². The highest BCUT2D eigenvalue weighted by atomic mass is 127. The number of hydrogen-bond acceptors (Lipinski definition) is 4. The van der Waals surface area contributed by atoms with Crippen molar-refractivity contribution in [1.29, 1.82) is 0 Å². The lowest BCUT2D eigenvalue weighted by atomic mass is 10.1. The van der Waals surface area contributed by atoms with Gasteiger partial charge in [-0.25, -0.2) is 0 Å². The summed E-state index contributed by atoms with van der Waals surface area (Å²) in [7, 11) is 0. The number of nitrogens with zero attached hydrogens (tertiary/aromatic N) is 3. The fourth-order valence-corrected chi connectivity index (χ4v) is 4.61. The predicted octanol–water partition coefficient (Wildman–Crippen LogP) is 3.77. The van der Waals surface area contributed by atoms with Gasteiger partial charge in [0, 0.05) is 32.1 Å². The number of carbonyl (C=O) groups excluding carboxylic acids is 1. The molecular formula is C23H40IN5O2. The molecule has 0 aromatic carbocycles. The van der Waals surface area contributed by atoms with Gasteiger partial charge in [-0.2, -0.15) is 0 Å². The van der Waals surface area contributed by atoms with Crippen LogP contribution >= 0.6 is 24.0 Å². The molecule has 2 N–H and O–H groups in total. The number of carbonyl (C=O) groups is 1. The summed E-state index contributed by atoms with van der Waals surface area (Å²) in [6, 6.07) is 4.53. The molecule has 2 fully saturated rings. The lowest BCUT2D eigenvalue weighted by Gasteiger charge is -2.32. The Morgan fingerprint density at radius 3 is 2.58 bits per heavy atom. The largest absolute Gasteiger partial charge is 0.468 e. The number of halogens is 1. The summed E-state index contributed by atoms with van der Waals surface area (Å²) >= 11 is 0. The van der Waals surface area contributed by atoms with Crippen molar-refractivity contribution < 1.29 is 9.21 Å². The molecule has 0 saturated carbocycles.